The first-order valence-corrected chi connectivity index (χ1v) is 6.27. The number of methoxy groups -OCH3 is 1. The second-order valence-corrected chi connectivity index (χ2v) is 4.47. The van der Waals surface area contributed by atoms with Gasteiger partial charge >= 0.3 is 0 Å². The van der Waals surface area contributed by atoms with Crippen molar-refractivity contribution in [2.45, 2.75) is 33.2 Å². The van der Waals surface area contributed by atoms with Crippen LogP contribution in [0.3, 0.4) is 0 Å². The number of amides is 1. The summed E-state index contributed by atoms with van der Waals surface area (Å²) in [5.74, 6) is 0.625. The molecule has 0 bridgehead atoms. The Kier molecular flexibility index (Phi) is 5.65. The Morgan fingerprint density at radius 3 is 2.67 bits per heavy atom. The summed E-state index contributed by atoms with van der Waals surface area (Å²) in [6.45, 7) is 6.39. The fourth-order valence-corrected chi connectivity index (χ4v) is 1.56. The standard InChI is InChI=1S/C14H22N2O2/c1-5-11-6-7-13(18-4)12(8-11)16-14(17)9-15-10(2)3/h6-8,10,15H,5,9H2,1-4H3,(H,16,17). The van der Waals surface area contributed by atoms with Gasteiger partial charge in [-0.2, -0.15) is 0 Å². The molecule has 0 aliphatic carbocycles. The summed E-state index contributed by atoms with van der Waals surface area (Å²) in [6, 6.07) is 6.12. The molecule has 4 nitrogen and oxygen atoms in total. The summed E-state index contributed by atoms with van der Waals surface area (Å²) < 4.78 is 5.24. The molecule has 0 spiro atoms. The van der Waals surface area contributed by atoms with Crippen molar-refractivity contribution in [1.29, 1.82) is 0 Å². The van der Waals surface area contributed by atoms with Crippen molar-refractivity contribution in [3.05, 3.63) is 23.8 Å². The van der Waals surface area contributed by atoms with Gasteiger partial charge in [-0.1, -0.05) is 26.8 Å². The molecule has 18 heavy (non-hydrogen) atoms. The fourth-order valence-electron chi connectivity index (χ4n) is 1.56. The molecule has 1 rings (SSSR count). The molecule has 0 heterocycles. The van der Waals surface area contributed by atoms with E-state index in [-0.39, 0.29) is 5.91 Å². The van der Waals surface area contributed by atoms with Gasteiger partial charge in [0.1, 0.15) is 5.75 Å². The molecule has 0 unspecified atom stereocenters. The number of rotatable bonds is 6. The zero-order chi connectivity index (χ0) is 13.5. The summed E-state index contributed by atoms with van der Waals surface area (Å²) in [4.78, 5) is 11.8. The van der Waals surface area contributed by atoms with Gasteiger partial charge in [0.15, 0.2) is 0 Å². The number of aryl methyl sites for hydroxylation is 1. The minimum absolute atomic E-state index is 0.0600. The predicted octanol–water partition coefficient (Wildman–Crippen LogP) is 2.19. The van der Waals surface area contributed by atoms with Crippen LogP contribution in [0.4, 0.5) is 5.69 Å². The largest absolute Gasteiger partial charge is 0.495 e. The van der Waals surface area contributed by atoms with Gasteiger partial charge in [-0.3, -0.25) is 4.79 Å². The Morgan fingerprint density at radius 2 is 2.11 bits per heavy atom. The van der Waals surface area contributed by atoms with Gasteiger partial charge in [-0.15, -0.1) is 0 Å². The van der Waals surface area contributed by atoms with Gasteiger partial charge in [0.25, 0.3) is 0 Å². The smallest absolute Gasteiger partial charge is 0.238 e. The molecule has 0 aliphatic rings. The number of hydrogen-bond donors (Lipinski definition) is 2. The Balaban J connectivity index is 2.72. The van der Waals surface area contributed by atoms with Crippen molar-refractivity contribution >= 4 is 11.6 Å². The normalized spacial score (nSPS) is 10.5. The first-order valence-electron chi connectivity index (χ1n) is 6.27. The monoisotopic (exact) mass is 250 g/mol. The Labute approximate surface area is 109 Å². The van der Waals surface area contributed by atoms with E-state index in [1.165, 1.54) is 5.56 Å². The Morgan fingerprint density at radius 1 is 1.39 bits per heavy atom. The molecule has 1 aromatic rings. The molecule has 2 N–H and O–H groups in total. The highest BCUT2D eigenvalue weighted by Crippen LogP contribution is 2.25. The van der Waals surface area contributed by atoms with Gasteiger partial charge in [-0.25, -0.2) is 0 Å². The van der Waals surface area contributed by atoms with Gasteiger partial charge < -0.3 is 15.4 Å². The first kappa shape index (κ1) is 14.5. The van der Waals surface area contributed by atoms with Crippen molar-refractivity contribution in [2.24, 2.45) is 0 Å². The van der Waals surface area contributed by atoms with E-state index in [4.69, 9.17) is 4.74 Å². The average molecular weight is 250 g/mol. The van der Waals surface area contributed by atoms with Crippen LogP contribution in [0.25, 0.3) is 0 Å². The van der Waals surface area contributed by atoms with Crippen LogP contribution < -0.4 is 15.4 Å². The lowest BCUT2D eigenvalue weighted by Crippen LogP contribution is -2.32. The molecule has 0 aliphatic heterocycles. The molecule has 0 saturated heterocycles. The number of benzene rings is 1. The molecule has 0 aromatic heterocycles. The van der Waals surface area contributed by atoms with Gasteiger partial charge in [0.2, 0.25) is 5.91 Å². The van der Waals surface area contributed by atoms with Gasteiger partial charge in [0.05, 0.1) is 19.3 Å². The van der Waals surface area contributed by atoms with Gasteiger partial charge in [0, 0.05) is 6.04 Å². The second-order valence-electron chi connectivity index (χ2n) is 4.47. The number of anilines is 1. The van der Waals surface area contributed by atoms with E-state index in [0.717, 1.165) is 12.1 Å². The summed E-state index contributed by atoms with van der Waals surface area (Å²) >= 11 is 0. The number of nitrogens with one attached hydrogen (secondary N) is 2. The van der Waals surface area contributed by atoms with E-state index in [1.807, 2.05) is 32.0 Å². The van der Waals surface area contributed by atoms with Crippen LogP contribution in [-0.4, -0.2) is 25.6 Å². The van der Waals surface area contributed by atoms with Crippen LogP contribution in [-0.2, 0) is 11.2 Å². The highest BCUT2D eigenvalue weighted by molar-refractivity contribution is 5.93. The predicted molar refractivity (Wildman–Crippen MR) is 74.1 cm³/mol. The van der Waals surface area contributed by atoms with Crippen LogP contribution in [0.1, 0.15) is 26.3 Å². The third kappa shape index (κ3) is 4.37. The highest BCUT2D eigenvalue weighted by atomic mass is 16.5. The summed E-state index contributed by atoms with van der Waals surface area (Å²) in [5, 5.41) is 5.94. The summed E-state index contributed by atoms with van der Waals surface area (Å²) in [7, 11) is 1.60. The van der Waals surface area contributed by atoms with E-state index >= 15 is 0 Å². The van der Waals surface area contributed by atoms with E-state index in [2.05, 4.69) is 17.6 Å². The maximum absolute atomic E-state index is 11.8. The molecule has 0 radical (unpaired) electrons. The topological polar surface area (TPSA) is 50.4 Å². The second kappa shape index (κ2) is 7.01. The van der Waals surface area contributed by atoms with Crippen LogP contribution in [0, 0.1) is 0 Å². The molecule has 0 atom stereocenters. The van der Waals surface area contributed by atoms with Crippen molar-refractivity contribution < 1.29 is 9.53 Å². The van der Waals surface area contributed by atoms with Crippen LogP contribution in [0.2, 0.25) is 0 Å². The van der Waals surface area contributed by atoms with Crippen LogP contribution in [0.5, 0.6) is 5.75 Å². The average Bonchev–Trinajstić information content (AvgIpc) is 2.36. The van der Waals surface area contributed by atoms with Crippen LogP contribution >= 0.6 is 0 Å². The van der Waals surface area contributed by atoms with Gasteiger partial charge in [-0.05, 0) is 24.1 Å². The third-order valence-corrected chi connectivity index (χ3v) is 2.62. The maximum Gasteiger partial charge on any atom is 0.238 e. The van der Waals surface area contributed by atoms with Crippen molar-refractivity contribution in [2.75, 3.05) is 19.0 Å². The zero-order valence-corrected chi connectivity index (χ0v) is 11.5. The fraction of sp³-hybridized carbons (Fsp3) is 0.500. The molecule has 1 aromatic carbocycles. The van der Waals surface area contributed by atoms with E-state index in [1.54, 1.807) is 7.11 Å². The maximum atomic E-state index is 11.8. The Hall–Kier alpha value is -1.55. The molecule has 4 heteroatoms. The summed E-state index contributed by atoms with van der Waals surface area (Å²) in [5.41, 5.74) is 1.90. The number of ether oxygens (including phenoxy) is 1. The van der Waals surface area contributed by atoms with Crippen molar-refractivity contribution in [1.82, 2.24) is 5.32 Å². The lowest BCUT2D eigenvalue weighted by atomic mass is 10.1. The minimum atomic E-state index is -0.0600. The SMILES string of the molecule is CCc1ccc(OC)c(NC(=O)CNC(C)C)c1. The zero-order valence-electron chi connectivity index (χ0n) is 11.5. The molecule has 1 amide bonds. The van der Waals surface area contributed by atoms with E-state index in [0.29, 0.717) is 18.3 Å². The number of carbonyl (C=O) groups excluding carboxylic acids is 1. The van der Waals surface area contributed by atoms with Crippen molar-refractivity contribution in [3.63, 3.8) is 0 Å². The highest BCUT2D eigenvalue weighted by Gasteiger charge is 2.08. The summed E-state index contributed by atoms with van der Waals surface area (Å²) in [6.07, 6.45) is 0.928. The molecule has 0 fully saturated rings. The molecule has 0 saturated carbocycles. The molecular weight excluding hydrogens is 228 g/mol. The third-order valence-electron chi connectivity index (χ3n) is 2.62. The molecule has 100 valence electrons. The minimum Gasteiger partial charge on any atom is -0.495 e. The number of carbonyl (C=O) groups is 1. The van der Waals surface area contributed by atoms with E-state index in [9.17, 15) is 4.79 Å². The van der Waals surface area contributed by atoms with Crippen molar-refractivity contribution in [3.8, 4) is 5.75 Å². The lowest BCUT2D eigenvalue weighted by Gasteiger charge is -2.13. The molecular formula is C14H22N2O2. The quantitative estimate of drug-likeness (QED) is 0.813. The van der Waals surface area contributed by atoms with E-state index < -0.39 is 0 Å². The number of hydrogen-bond acceptors (Lipinski definition) is 3. The Bertz CT molecular complexity index is 403. The lowest BCUT2D eigenvalue weighted by molar-refractivity contribution is -0.115. The van der Waals surface area contributed by atoms with Crippen LogP contribution in [0.15, 0.2) is 18.2 Å². The first-order chi connectivity index (χ1) is 8.56.